The summed E-state index contributed by atoms with van der Waals surface area (Å²) >= 11 is 5.77. The van der Waals surface area contributed by atoms with E-state index in [2.05, 4.69) is 19.7 Å². The van der Waals surface area contributed by atoms with Gasteiger partial charge in [0.2, 0.25) is 11.5 Å². The van der Waals surface area contributed by atoms with Crippen LogP contribution in [0.1, 0.15) is 13.8 Å². The van der Waals surface area contributed by atoms with Gasteiger partial charge in [-0.1, -0.05) is 11.6 Å². The highest BCUT2D eigenvalue weighted by atomic mass is 35.5. The van der Waals surface area contributed by atoms with Gasteiger partial charge in [-0.3, -0.25) is 0 Å². The molecular weight excluding hydrogens is 428 g/mol. The first-order valence-electron chi connectivity index (χ1n) is 7.87. The van der Waals surface area contributed by atoms with Gasteiger partial charge < -0.3 is 19.3 Å². The average Bonchev–Trinajstić information content (AvgIpc) is 2.62. The molecule has 0 fully saturated rings. The zero-order valence-corrected chi connectivity index (χ0v) is 15.8. The van der Waals surface area contributed by atoms with Crippen LogP contribution in [0, 0.1) is 5.82 Å². The lowest BCUT2D eigenvalue weighted by atomic mass is 10.3. The number of hydrogen-bond acceptors (Lipinski definition) is 8. The molecule has 0 radical (unpaired) electrons. The number of aliphatic hydroxyl groups excluding tert-OH is 1. The Bertz CT molecular complexity index is 826. The number of rotatable bonds is 8. The second kappa shape index (κ2) is 10.6. The van der Waals surface area contributed by atoms with Gasteiger partial charge in [-0.15, -0.1) is 10.2 Å². The zero-order chi connectivity index (χ0) is 22.2. The van der Waals surface area contributed by atoms with Crippen molar-refractivity contribution in [1.29, 1.82) is 0 Å². The van der Waals surface area contributed by atoms with E-state index in [4.69, 9.17) is 16.3 Å². The molecule has 29 heavy (non-hydrogen) atoms. The molecule has 0 unspecified atom stereocenters. The van der Waals surface area contributed by atoms with Crippen molar-refractivity contribution in [2.24, 2.45) is 10.2 Å². The van der Waals surface area contributed by atoms with E-state index in [0.29, 0.717) is 6.07 Å². The number of azo groups is 1. The fourth-order valence-electron chi connectivity index (χ4n) is 1.67. The number of aliphatic hydroxyl groups is 1. The average molecular weight is 443 g/mol. The number of carbonyl (C=O) groups excluding carboxylic acids is 2. The first-order valence-corrected chi connectivity index (χ1v) is 8.25. The Balaban J connectivity index is 3.24. The molecule has 0 saturated heterocycles. The summed E-state index contributed by atoms with van der Waals surface area (Å²) in [4.78, 5) is 22.9. The Hall–Kier alpha value is -2.89. The third kappa shape index (κ3) is 7.22. The molecule has 0 atom stereocenters. The number of allylic oxidation sites excluding steroid dienone is 1. The van der Waals surface area contributed by atoms with Gasteiger partial charge in [0.1, 0.15) is 11.4 Å². The van der Waals surface area contributed by atoms with Crippen LogP contribution < -0.4 is 4.74 Å². The molecule has 0 bridgehead atoms. The molecule has 1 aromatic carbocycles. The summed E-state index contributed by atoms with van der Waals surface area (Å²) in [5.74, 6) is -6.13. The molecule has 0 spiro atoms. The zero-order valence-electron chi connectivity index (χ0n) is 15.0. The fraction of sp³-hybridized carbons (Fsp3) is 0.375. The Kier molecular flexibility index (Phi) is 8.83. The van der Waals surface area contributed by atoms with E-state index in [0.717, 1.165) is 6.07 Å². The van der Waals surface area contributed by atoms with Crippen molar-refractivity contribution in [2.45, 2.75) is 20.0 Å². The van der Waals surface area contributed by atoms with Crippen LogP contribution in [0.5, 0.6) is 5.75 Å². The van der Waals surface area contributed by atoms with Crippen LogP contribution in [0.3, 0.4) is 0 Å². The monoisotopic (exact) mass is 442 g/mol. The van der Waals surface area contributed by atoms with Crippen molar-refractivity contribution in [3.05, 3.63) is 34.4 Å². The molecule has 160 valence electrons. The molecule has 13 heteroatoms. The van der Waals surface area contributed by atoms with Crippen molar-refractivity contribution < 1.29 is 46.5 Å². The minimum atomic E-state index is -5.33. The molecule has 8 nitrogen and oxygen atoms in total. The van der Waals surface area contributed by atoms with Gasteiger partial charge in [0.25, 0.3) is 0 Å². The summed E-state index contributed by atoms with van der Waals surface area (Å²) in [6.07, 6.45) is -5.33. The highest BCUT2D eigenvalue weighted by Gasteiger charge is 2.39. The third-order valence-electron chi connectivity index (χ3n) is 2.87. The van der Waals surface area contributed by atoms with Gasteiger partial charge in [-0.2, -0.15) is 13.2 Å². The molecule has 0 aromatic heterocycles. The topological polar surface area (TPSA) is 107 Å². The minimum absolute atomic E-state index is 0.0878. The predicted molar refractivity (Wildman–Crippen MR) is 90.4 cm³/mol. The quantitative estimate of drug-likeness (QED) is 0.210. The second-order valence-electron chi connectivity index (χ2n) is 4.94. The molecule has 1 N–H and O–H groups in total. The van der Waals surface area contributed by atoms with Crippen LogP contribution in [0.2, 0.25) is 5.02 Å². The molecule has 1 rings (SSSR count). The van der Waals surface area contributed by atoms with Crippen LogP contribution >= 0.6 is 11.6 Å². The van der Waals surface area contributed by atoms with Crippen molar-refractivity contribution in [3.8, 4) is 5.75 Å². The highest BCUT2D eigenvalue weighted by molar-refractivity contribution is 6.32. The van der Waals surface area contributed by atoms with Gasteiger partial charge in [-0.05, 0) is 19.9 Å². The number of ether oxygens (including phenoxy) is 3. The number of halogens is 5. The summed E-state index contributed by atoms with van der Waals surface area (Å²) in [5.41, 5.74) is -2.27. The normalized spacial score (nSPS) is 12.5. The van der Waals surface area contributed by atoms with E-state index >= 15 is 0 Å². The molecule has 1 aromatic rings. The molecule has 0 aliphatic heterocycles. The predicted octanol–water partition coefficient (Wildman–Crippen LogP) is 4.40. The summed E-state index contributed by atoms with van der Waals surface area (Å²) in [6.45, 7) is 2.06. The third-order valence-corrected chi connectivity index (χ3v) is 3.17. The van der Waals surface area contributed by atoms with E-state index in [1.54, 1.807) is 6.92 Å². The molecule has 0 saturated carbocycles. The number of esters is 2. The number of benzene rings is 1. The molecule has 0 aliphatic carbocycles. The van der Waals surface area contributed by atoms with E-state index in [1.165, 1.54) is 6.92 Å². The van der Waals surface area contributed by atoms with Gasteiger partial charge in [0.15, 0.2) is 12.4 Å². The molecule has 0 heterocycles. The highest BCUT2D eigenvalue weighted by Crippen LogP contribution is 2.33. The van der Waals surface area contributed by atoms with Crippen molar-refractivity contribution in [2.75, 3.05) is 19.8 Å². The number of nitrogens with zero attached hydrogens (tertiary/aromatic N) is 2. The summed E-state index contributed by atoms with van der Waals surface area (Å²) in [6, 6.07) is 1.53. The van der Waals surface area contributed by atoms with Crippen molar-refractivity contribution in [1.82, 2.24) is 0 Å². The smallest absolute Gasteiger partial charge is 0.451 e. The Morgan fingerprint density at radius 2 is 1.79 bits per heavy atom. The maximum absolute atomic E-state index is 14.0. The SMILES string of the molecule is CCOC(=O)COc1cc(N=N/C(C(=O)OCC)=C(\O)C(F)(F)F)c(F)cc1Cl. The first kappa shape index (κ1) is 24.1. The largest absolute Gasteiger partial charge is 0.502 e. The first-order chi connectivity index (χ1) is 13.5. The summed E-state index contributed by atoms with van der Waals surface area (Å²) < 4.78 is 66.1. The lowest BCUT2D eigenvalue weighted by Crippen LogP contribution is -2.18. The van der Waals surface area contributed by atoms with E-state index in [-0.39, 0.29) is 24.0 Å². The molecular formula is C16H15ClF4N2O6. The van der Waals surface area contributed by atoms with E-state index in [1.807, 2.05) is 0 Å². The molecule has 0 aliphatic rings. The fourth-order valence-corrected chi connectivity index (χ4v) is 1.87. The Labute approximate surface area is 166 Å². The molecule has 0 amide bonds. The van der Waals surface area contributed by atoms with Gasteiger partial charge in [0, 0.05) is 6.07 Å². The summed E-state index contributed by atoms with van der Waals surface area (Å²) in [5, 5.41) is 15.1. The van der Waals surface area contributed by atoms with Gasteiger partial charge in [0.05, 0.1) is 18.2 Å². The van der Waals surface area contributed by atoms with Gasteiger partial charge in [-0.25, -0.2) is 14.0 Å². The standard InChI is InChI=1S/C16H15ClF4N2O6/c1-3-27-12(24)7-29-11-6-10(9(18)5-8(11)17)22-23-13(15(26)28-4-2)14(25)16(19,20)21/h5-6,25H,3-4,7H2,1-2H3/b14-13-,23-22?. The van der Waals surface area contributed by atoms with E-state index in [9.17, 15) is 32.3 Å². The number of carbonyl (C=O) groups is 2. The number of hydrogen-bond donors (Lipinski definition) is 1. The summed E-state index contributed by atoms with van der Waals surface area (Å²) in [7, 11) is 0. The van der Waals surface area contributed by atoms with Crippen LogP contribution in [-0.4, -0.2) is 43.0 Å². The maximum Gasteiger partial charge on any atom is 0.451 e. The van der Waals surface area contributed by atoms with Crippen molar-refractivity contribution >= 4 is 29.2 Å². The van der Waals surface area contributed by atoms with E-state index < -0.39 is 47.7 Å². The van der Waals surface area contributed by atoms with Crippen LogP contribution in [0.25, 0.3) is 0 Å². The van der Waals surface area contributed by atoms with Crippen LogP contribution in [-0.2, 0) is 19.1 Å². The second-order valence-corrected chi connectivity index (χ2v) is 5.35. The maximum atomic E-state index is 14.0. The number of alkyl halides is 3. The Morgan fingerprint density at radius 3 is 2.34 bits per heavy atom. The van der Waals surface area contributed by atoms with Crippen LogP contribution in [0.15, 0.2) is 33.8 Å². The lowest BCUT2D eigenvalue weighted by molar-refractivity contribution is -0.145. The minimum Gasteiger partial charge on any atom is -0.502 e. The lowest BCUT2D eigenvalue weighted by Gasteiger charge is -2.09. The van der Waals surface area contributed by atoms with Gasteiger partial charge >= 0.3 is 18.1 Å². The van der Waals surface area contributed by atoms with Crippen molar-refractivity contribution in [3.63, 3.8) is 0 Å². The van der Waals surface area contributed by atoms with Crippen LogP contribution in [0.4, 0.5) is 23.2 Å². The Morgan fingerprint density at radius 1 is 1.17 bits per heavy atom.